The first-order chi connectivity index (χ1) is 10.8. The molecule has 0 bridgehead atoms. The van der Waals surface area contributed by atoms with E-state index in [1.807, 2.05) is 6.92 Å². The number of hydrogen-bond donors (Lipinski definition) is 0. The molecule has 0 aliphatic carbocycles. The van der Waals surface area contributed by atoms with Gasteiger partial charge in [0.1, 0.15) is 12.1 Å². The molecule has 120 valence electrons. The van der Waals surface area contributed by atoms with Gasteiger partial charge in [-0.1, -0.05) is 0 Å². The summed E-state index contributed by atoms with van der Waals surface area (Å²) in [4.78, 5) is 22.8. The van der Waals surface area contributed by atoms with Crippen LogP contribution in [0.4, 0.5) is 5.82 Å². The van der Waals surface area contributed by atoms with Crippen molar-refractivity contribution in [1.29, 1.82) is 0 Å². The highest BCUT2D eigenvalue weighted by atomic mass is 16.5. The summed E-state index contributed by atoms with van der Waals surface area (Å²) in [6, 6.07) is 2.07. The first-order valence-electron chi connectivity index (χ1n) is 8.09. The second-order valence-corrected chi connectivity index (χ2v) is 5.87. The zero-order valence-corrected chi connectivity index (χ0v) is 13.0. The number of piperidine rings is 1. The summed E-state index contributed by atoms with van der Waals surface area (Å²) < 4.78 is 10.5. The maximum atomic E-state index is 11.8. The highest BCUT2D eigenvalue weighted by Crippen LogP contribution is 2.27. The monoisotopic (exact) mass is 305 g/mol. The second kappa shape index (κ2) is 7.05. The van der Waals surface area contributed by atoms with Gasteiger partial charge in [-0.25, -0.2) is 9.97 Å². The van der Waals surface area contributed by atoms with Gasteiger partial charge in [-0.15, -0.1) is 0 Å². The van der Waals surface area contributed by atoms with Crippen molar-refractivity contribution in [3.63, 3.8) is 0 Å². The smallest absolute Gasteiger partial charge is 0.309 e. The van der Waals surface area contributed by atoms with Crippen molar-refractivity contribution >= 4 is 11.8 Å². The van der Waals surface area contributed by atoms with Crippen LogP contribution < -0.4 is 4.90 Å². The van der Waals surface area contributed by atoms with Crippen LogP contribution in [0.15, 0.2) is 12.4 Å². The molecule has 1 unspecified atom stereocenters. The fourth-order valence-electron chi connectivity index (χ4n) is 3.13. The average Bonchev–Trinajstić information content (AvgIpc) is 3.10. The van der Waals surface area contributed by atoms with Gasteiger partial charge in [0.25, 0.3) is 0 Å². The van der Waals surface area contributed by atoms with Crippen LogP contribution in [0.1, 0.15) is 37.8 Å². The van der Waals surface area contributed by atoms with Crippen LogP contribution in [0.5, 0.6) is 0 Å². The van der Waals surface area contributed by atoms with Crippen LogP contribution in [0.25, 0.3) is 0 Å². The van der Waals surface area contributed by atoms with E-state index in [0.717, 1.165) is 57.1 Å². The number of hydrogen-bond acceptors (Lipinski definition) is 6. The van der Waals surface area contributed by atoms with E-state index in [-0.39, 0.29) is 11.9 Å². The van der Waals surface area contributed by atoms with Crippen LogP contribution in [0.2, 0.25) is 0 Å². The van der Waals surface area contributed by atoms with E-state index < -0.39 is 0 Å². The molecule has 3 heterocycles. The summed E-state index contributed by atoms with van der Waals surface area (Å²) in [5.74, 6) is 1.31. The Morgan fingerprint density at radius 3 is 2.86 bits per heavy atom. The summed E-state index contributed by atoms with van der Waals surface area (Å²) in [6.07, 6.45) is 4.32. The number of nitrogens with zero attached hydrogens (tertiary/aromatic N) is 3. The third kappa shape index (κ3) is 3.38. The second-order valence-electron chi connectivity index (χ2n) is 5.87. The molecule has 6 heteroatoms. The Kier molecular flexibility index (Phi) is 4.87. The van der Waals surface area contributed by atoms with Crippen LogP contribution in [-0.4, -0.2) is 48.8 Å². The predicted molar refractivity (Wildman–Crippen MR) is 81.8 cm³/mol. The Bertz CT molecular complexity index is 509. The Morgan fingerprint density at radius 1 is 1.36 bits per heavy atom. The molecule has 0 N–H and O–H groups in total. The molecular weight excluding hydrogens is 282 g/mol. The van der Waals surface area contributed by atoms with Gasteiger partial charge in [-0.2, -0.15) is 0 Å². The summed E-state index contributed by atoms with van der Waals surface area (Å²) in [5.41, 5.74) is 1.06. The SMILES string of the molecule is CCOC(=O)C1CCN(c2cc(C3CCOC3)ncn2)CC1. The molecule has 22 heavy (non-hydrogen) atoms. The minimum atomic E-state index is -0.0615. The van der Waals surface area contributed by atoms with Crippen LogP contribution in [0, 0.1) is 5.92 Å². The van der Waals surface area contributed by atoms with Gasteiger partial charge in [-0.3, -0.25) is 4.79 Å². The topological polar surface area (TPSA) is 64.5 Å². The largest absolute Gasteiger partial charge is 0.466 e. The number of rotatable bonds is 4. The van der Waals surface area contributed by atoms with Gasteiger partial charge in [0, 0.05) is 31.7 Å². The van der Waals surface area contributed by atoms with Crippen molar-refractivity contribution in [1.82, 2.24) is 9.97 Å². The van der Waals surface area contributed by atoms with Crippen molar-refractivity contribution < 1.29 is 14.3 Å². The molecule has 0 amide bonds. The molecule has 0 radical (unpaired) electrons. The van der Waals surface area contributed by atoms with Crippen molar-refractivity contribution in [2.75, 3.05) is 37.8 Å². The van der Waals surface area contributed by atoms with E-state index in [4.69, 9.17) is 9.47 Å². The van der Waals surface area contributed by atoms with Crippen molar-refractivity contribution in [2.24, 2.45) is 5.92 Å². The van der Waals surface area contributed by atoms with Crippen LogP contribution >= 0.6 is 0 Å². The summed E-state index contributed by atoms with van der Waals surface area (Å²) in [6.45, 7) is 5.54. The van der Waals surface area contributed by atoms with Gasteiger partial charge < -0.3 is 14.4 Å². The Labute approximate surface area is 130 Å². The van der Waals surface area contributed by atoms with E-state index in [0.29, 0.717) is 12.5 Å². The van der Waals surface area contributed by atoms with Gasteiger partial charge in [-0.05, 0) is 26.2 Å². The molecule has 0 aromatic carbocycles. The summed E-state index contributed by atoms with van der Waals surface area (Å²) in [5, 5.41) is 0. The normalized spacial score (nSPS) is 22.8. The third-order valence-electron chi connectivity index (χ3n) is 4.46. The molecule has 2 aliphatic heterocycles. The van der Waals surface area contributed by atoms with Crippen molar-refractivity contribution in [3.8, 4) is 0 Å². The van der Waals surface area contributed by atoms with Gasteiger partial charge in [0.2, 0.25) is 0 Å². The molecule has 1 atom stereocenters. The van der Waals surface area contributed by atoms with Crippen LogP contribution in [-0.2, 0) is 14.3 Å². The zero-order valence-electron chi connectivity index (χ0n) is 13.0. The lowest BCUT2D eigenvalue weighted by molar-refractivity contribution is -0.148. The molecule has 1 aromatic heterocycles. The van der Waals surface area contributed by atoms with Gasteiger partial charge >= 0.3 is 5.97 Å². The maximum absolute atomic E-state index is 11.8. The van der Waals surface area contributed by atoms with Gasteiger partial charge in [0.15, 0.2) is 0 Å². The van der Waals surface area contributed by atoms with Crippen molar-refractivity contribution in [2.45, 2.75) is 32.1 Å². The number of anilines is 1. The van der Waals surface area contributed by atoms with Crippen molar-refractivity contribution in [3.05, 3.63) is 18.1 Å². The Morgan fingerprint density at radius 2 is 2.18 bits per heavy atom. The standard InChI is InChI=1S/C16H23N3O3/c1-2-22-16(20)12-3-6-19(7-4-12)15-9-14(17-11-18-15)13-5-8-21-10-13/h9,11-13H,2-8,10H2,1H3. The molecular formula is C16H23N3O3. The molecule has 3 rings (SSSR count). The number of esters is 1. The summed E-state index contributed by atoms with van der Waals surface area (Å²) >= 11 is 0. The number of carbonyl (C=O) groups excluding carboxylic acids is 1. The van der Waals surface area contributed by atoms with E-state index >= 15 is 0 Å². The third-order valence-corrected chi connectivity index (χ3v) is 4.46. The van der Waals surface area contributed by atoms with Crippen LogP contribution in [0.3, 0.4) is 0 Å². The molecule has 2 saturated heterocycles. The minimum absolute atomic E-state index is 0.0285. The fourth-order valence-corrected chi connectivity index (χ4v) is 3.13. The molecule has 0 spiro atoms. The number of ether oxygens (including phenoxy) is 2. The van der Waals surface area contributed by atoms with Gasteiger partial charge in [0.05, 0.1) is 24.8 Å². The predicted octanol–water partition coefficient (Wildman–Crippen LogP) is 1.76. The molecule has 1 aromatic rings. The van der Waals surface area contributed by atoms with E-state index in [9.17, 15) is 4.79 Å². The lowest BCUT2D eigenvalue weighted by Crippen LogP contribution is -2.37. The lowest BCUT2D eigenvalue weighted by atomic mass is 9.97. The molecule has 2 fully saturated rings. The minimum Gasteiger partial charge on any atom is -0.466 e. The molecule has 0 saturated carbocycles. The fraction of sp³-hybridized carbons (Fsp3) is 0.688. The highest BCUT2D eigenvalue weighted by Gasteiger charge is 2.27. The Hall–Kier alpha value is -1.69. The highest BCUT2D eigenvalue weighted by molar-refractivity contribution is 5.72. The molecule has 2 aliphatic rings. The maximum Gasteiger partial charge on any atom is 0.309 e. The first kappa shape index (κ1) is 15.2. The number of aromatic nitrogens is 2. The first-order valence-corrected chi connectivity index (χ1v) is 8.09. The van der Waals surface area contributed by atoms with E-state index in [1.165, 1.54) is 0 Å². The average molecular weight is 305 g/mol. The number of carbonyl (C=O) groups is 1. The summed E-state index contributed by atoms with van der Waals surface area (Å²) in [7, 11) is 0. The van der Waals surface area contributed by atoms with E-state index in [1.54, 1.807) is 6.33 Å². The Balaban J connectivity index is 1.61. The quantitative estimate of drug-likeness (QED) is 0.790. The van der Waals surface area contributed by atoms with E-state index in [2.05, 4.69) is 20.9 Å². The lowest BCUT2D eigenvalue weighted by Gasteiger charge is -2.31. The molecule has 6 nitrogen and oxygen atoms in total. The zero-order chi connectivity index (χ0) is 15.4.